The summed E-state index contributed by atoms with van der Waals surface area (Å²) in [5.74, 6) is -0.655. The zero-order chi connectivity index (χ0) is 17.4. The molecule has 24 heavy (non-hydrogen) atoms. The van der Waals surface area contributed by atoms with E-state index in [9.17, 15) is 14.7 Å². The van der Waals surface area contributed by atoms with Crippen molar-refractivity contribution in [3.05, 3.63) is 57.4 Å². The molecule has 1 atom stereocenters. The van der Waals surface area contributed by atoms with Crippen LogP contribution in [0.1, 0.15) is 40.3 Å². The number of carbonyl (C=O) groups excluding carboxylic acids is 1. The van der Waals surface area contributed by atoms with Gasteiger partial charge >= 0.3 is 0 Å². The van der Waals surface area contributed by atoms with Crippen LogP contribution in [0.25, 0.3) is 5.65 Å². The van der Waals surface area contributed by atoms with Crippen LogP contribution in [0.2, 0.25) is 0 Å². The van der Waals surface area contributed by atoms with Crippen molar-refractivity contribution in [1.82, 2.24) is 24.9 Å². The quantitative estimate of drug-likeness (QED) is 0.670. The van der Waals surface area contributed by atoms with E-state index in [1.807, 2.05) is 20.8 Å². The summed E-state index contributed by atoms with van der Waals surface area (Å²) in [5.41, 5.74) is 2.01. The molecule has 124 valence electrons. The van der Waals surface area contributed by atoms with Gasteiger partial charge in [0.15, 0.2) is 11.4 Å². The van der Waals surface area contributed by atoms with Gasteiger partial charge in [0.1, 0.15) is 5.56 Å². The Morgan fingerprint density at radius 3 is 2.83 bits per heavy atom. The molecule has 3 N–H and O–H groups in total. The van der Waals surface area contributed by atoms with E-state index in [-0.39, 0.29) is 23.0 Å². The molecule has 0 aliphatic rings. The Morgan fingerprint density at radius 2 is 2.17 bits per heavy atom. The lowest BCUT2D eigenvalue weighted by atomic mass is 10.1. The molecule has 8 heteroatoms. The lowest BCUT2D eigenvalue weighted by molar-refractivity contribution is 0.0937. The van der Waals surface area contributed by atoms with Gasteiger partial charge in [-0.15, -0.1) is 0 Å². The number of aromatic nitrogens is 4. The van der Waals surface area contributed by atoms with Gasteiger partial charge in [-0.1, -0.05) is 0 Å². The van der Waals surface area contributed by atoms with Crippen molar-refractivity contribution in [3.8, 4) is 5.75 Å². The zero-order valence-corrected chi connectivity index (χ0v) is 13.5. The van der Waals surface area contributed by atoms with Crippen molar-refractivity contribution in [3.63, 3.8) is 0 Å². The molecule has 0 saturated heterocycles. The molecule has 3 rings (SSSR count). The number of hydrogen-bond acceptors (Lipinski definition) is 5. The minimum atomic E-state index is -0.541. The number of fused-ring (bicyclic) bond motifs is 1. The minimum Gasteiger partial charge on any atom is -0.504 e. The maximum atomic E-state index is 12.5. The Morgan fingerprint density at radius 1 is 1.42 bits per heavy atom. The topological polar surface area (TPSA) is 112 Å². The summed E-state index contributed by atoms with van der Waals surface area (Å²) in [7, 11) is 0. The number of hydrogen-bond donors (Lipinski definition) is 3. The van der Waals surface area contributed by atoms with Gasteiger partial charge in [0, 0.05) is 23.7 Å². The molecule has 3 aromatic heterocycles. The highest BCUT2D eigenvalue weighted by atomic mass is 16.3. The van der Waals surface area contributed by atoms with Crippen LogP contribution in [-0.4, -0.2) is 30.6 Å². The van der Waals surface area contributed by atoms with Crippen molar-refractivity contribution in [2.45, 2.75) is 26.8 Å². The molecule has 3 aromatic rings. The summed E-state index contributed by atoms with van der Waals surface area (Å²) < 4.78 is 1.14. The first-order chi connectivity index (χ1) is 11.4. The van der Waals surface area contributed by atoms with Crippen molar-refractivity contribution in [2.75, 3.05) is 0 Å². The molecular formula is C16H17N5O3. The molecule has 0 bridgehead atoms. The van der Waals surface area contributed by atoms with E-state index < -0.39 is 11.5 Å². The Balaban J connectivity index is 1.95. The fraction of sp³-hybridized carbons (Fsp3) is 0.250. The number of nitrogens with zero attached hydrogens (tertiary/aromatic N) is 3. The van der Waals surface area contributed by atoms with Crippen LogP contribution in [-0.2, 0) is 0 Å². The highest BCUT2D eigenvalue weighted by molar-refractivity contribution is 5.94. The fourth-order valence-corrected chi connectivity index (χ4v) is 2.79. The molecule has 0 spiro atoms. The molecule has 0 aromatic carbocycles. The predicted molar refractivity (Wildman–Crippen MR) is 87.1 cm³/mol. The summed E-state index contributed by atoms with van der Waals surface area (Å²) in [6, 6.07) is 2.61. The molecule has 1 unspecified atom stereocenters. The maximum Gasteiger partial charge on any atom is 0.270 e. The number of H-pyrrole nitrogens is 1. The van der Waals surface area contributed by atoms with Crippen LogP contribution >= 0.6 is 0 Å². The first-order valence-electron chi connectivity index (χ1n) is 7.42. The summed E-state index contributed by atoms with van der Waals surface area (Å²) in [6.07, 6.45) is 2.63. The smallest absolute Gasteiger partial charge is 0.270 e. The Labute approximate surface area is 137 Å². The van der Waals surface area contributed by atoms with Crippen LogP contribution < -0.4 is 10.9 Å². The van der Waals surface area contributed by atoms with Gasteiger partial charge in [-0.2, -0.15) is 5.10 Å². The average molecular weight is 327 g/mol. The largest absolute Gasteiger partial charge is 0.504 e. The third kappa shape index (κ3) is 2.51. The van der Waals surface area contributed by atoms with Gasteiger partial charge in [-0.05, 0) is 32.9 Å². The van der Waals surface area contributed by atoms with E-state index in [0.717, 1.165) is 21.4 Å². The molecule has 0 aliphatic heterocycles. The number of aromatic hydroxyl groups is 1. The SMILES string of the molecule is Cc1n[nH]c(C)c1C(C)NC(=O)c1cnc2c(O)cccn2c1=O. The lowest BCUT2D eigenvalue weighted by Gasteiger charge is -2.14. The monoisotopic (exact) mass is 327 g/mol. The number of rotatable bonds is 3. The number of nitrogens with one attached hydrogen (secondary N) is 2. The standard InChI is InChI=1S/C16H17N5O3/c1-8(13-9(2)19-20-10(13)3)18-15(23)11-7-17-14-12(22)5-4-6-21(14)16(11)24/h4-8,22H,1-3H3,(H,18,23)(H,19,20). The number of aryl methyl sites for hydroxylation is 2. The van der Waals surface area contributed by atoms with E-state index >= 15 is 0 Å². The van der Waals surface area contributed by atoms with Gasteiger partial charge in [0.25, 0.3) is 11.5 Å². The summed E-state index contributed by atoms with van der Waals surface area (Å²) in [5, 5.41) is 19.5. The number of aromatic amines is 1. The first kappa shape index (κ1) is 15.7. The van der Waals surface area contributed by atoms with E-state index in [1.54, 1.807) is 0 Å². The second kappa shape index (κ2) is 5.80. The molecule has 0 fully saturated rings. The van der Waals surface area contributed by atoms with Crippen LogP contribution in [0.15, 0.2) is 29.3 Å². The van der Waals surface area contributed by atoms with Crippen molar-refractivity contribution >= 4 is 11.6 Å². The molecule has 8 nitrogen and oxygen atoms in total. The molecular weight excluding hydrogens is 310 g/mol. The number of amides is 1. The van der Waals surface area contributed by atoms with Gasteiger partial charge in [0.05, 0.1) is 11.7 Å². The van der Waals surface area contributed by atoms with Crippen molar-refractivity contribution in [2.24, 2.45) is 0 Å². The summed E-state index contributed by atoms with van der Waals surface area (Å²) >= 11 is 0. The first-order valence-corrected chi connectivity index (χ1v) is 7.42. The minimum absolute atomic E-state index is 0.0937. The lowest BCUT2D eigenvalue weighted by Crippen LogP contribution is -2.33. The molecule has 3 heterocycles. The van der Waals surface area contributed by atoms with Gasteiger partial charge in [-0.3, -0.25) is 19.1 Å². The molecule has 1 amide bonds. The second-order valence-electron chi connectivity index (χ2n) is 5.61. The van der Waals surface area contributed by atoms with Crippen molar-refractivity contribution < 1.29 is 9.90 Å². The third-order valence-corrected chi connectivity index (χ3v) is 3.92. The maximum absolute atomic E-state index is 12.5. The van der Waals surface area contributed by atoms with Crippen LogP contribution in [0.3, 0.4) is 0 Å². The van der Waals surface area contributed by atoms with Crippen LogP contribution in [0, 0.1) is 13.8 Å². The normalized spacial score (nSPS) is 12.3. The van der Waals surface area contributed by atoms with Crippen molar-refractivity contribution in [1.29, 1.82) is 0 Å². The molecule has 0 radical (unpaired) electrons. The van der Waals surface area contributed by atoms with E-state index in [0.29, 0.717) is 0 Å². The van der Waals surface area contributed by atoms with Gasteiger partial charge in [-0.25, -0.2) is 4.98 Å². The number of carbonyl (C=O) groups is 1. The highest BCUT2D eigenvalue weighted by Gasteiger charge is 2.20. The second-order valence-corrected chi connectivity index (χ2v) is 5.61. The third-order valence-electron chi connectivity index (χ3n) is 3.92. The molecule has 0 saturated carbocycles. The summed E-state index contributed by atoms with van der Waals surface area (Å²) in [6.45, 7) is 5.53. The zero-order valence-electron chi connectivity index (χ0n) is 13.5. The Kier molecular flexibility index (Phi) is 3.80. The fourth-order valence-electron chi connectivity index (χ4n) is 2.79. The predicted octanol–water partition coefficient (Wildman–Crippen LogP) is 1.23. The number of pyridine rings is 1. The molecule has 0 aliphatic carbocycles. The van der Waals surface area contributed by atoms with E-state index in [4.69, 9.17) is 0 Å². The van der Waals surface area contributed by atoms with Crippen LogP contribution in [0.5, 0.6) is 5.75 Å². The van der Waals surface area contributed by atoms with Gasteiger partial charge in [0.2, 0.25) is 0 Å². The summed E-state index contributed by atoms with van der Waals surface area (Å²) in [4.78, 5) is 28.9. The van der Waals surface area contributed by atoms with E-state index in [2.05, 4.69) is 20.5 Å². The Bertz CT molecular complexity index is 970. The Hall–Kier alpha value is -3.16. The average Bonchev–Trinajstić information content (AvgIpc) is 2.87. The van der Waals surface area contributed by atoms with Gasteiger partial charge < -0.3 is 10.4 Å². The highest BCUT2D eigenvalue weighted by Crippen LogP contribution is 2.19. The van der Waals surface area contributed by atoms with E-state index in [1.165, 1.54) is 24.5 Å². The van der Waals surface area contributed by atoms with Crippen LogP contribution in [0.4, 0.5) is 0 Å².